The number of fused-ring (bicyclic) bond motifs is 1. The molecular formula is C23H21Cl2N3O5. The predicted molar refractivity (Wildman–Crippen MR) is 120 cm³/mol. The maximum Gasteiger partial charge on any atom is 0.215 e. The third kappa shape index (κ3) is 4.30. The first-order valence-corrected chi connectivity index (χ1v) is 11.2. The second-order valence-electron chi connectivity index (χ2n) is 8.45. The van der Waals surface area contributed by atoms with Crippen LogP contribution < -0.4 is 0 Å². The lowest BCUT2D eigenvalue weighted by atomic mass is 10.0. The van der Waals surface area contributed by atoms with Gasteiger partial charge in [-0.15, -0.1) is 5.10 Å². The molecule has 4 atom stereocenters. The molecule has 172 valence electrons. The molecule has 0 radical (unpaired) electrons. The third-order valence-corrected chi connectivity index (χ3v) is 6.15. The zero-order valence-corrected chi connectivity index (χ0v) is 19.3. The van der Waals surface area contributed by atoms with Gasteiger partial charge in [-0.05, 0) is 50.2 Å². The number of hydrogen-bond donors (Lipinski definition) is 1. The molecule has 3 aromatic rings. The molecule has 0 spiro atoms. The SMILES string of the molecule is CC1(C)O[C@H]2O[C@H](Cn3nnc(C(=O)c4ccc(Cl)cc4)c3-c3ccc(Cl)cc3)[C@H](O)[C@H]2O1. The zero-order chi connectivity index (χ0) is 23.3. The van der Waals surface area contributed by atoms with Crippen LogP contribution in [0.5, 0.6) is 0 Å². The number of carbonyl (C=O) groups is 1. The number of aliphatic hydroxyl groups excluding tert-OH is 1. The molecule has 1 N–H and O–H groups in total. The number of ether oxygens (including phenoxy) is 3. The Hall–Kier alpha value is -2.33. The molecule has 2 fully saturated rings. The Balaban J connectivity index is 1.48. The normalized spacial score (nSPS) is 25.8. The third-order valence-electron chi connectivity index (χ3n) is 5.64. The summed E-state index contributed by atoms with van der Waals surface area (Å²) in [7, 11) is 0. The maximum absolute atomic E-state index is 13.3. The van der Waals surface area contributed by atoms with Crippen LogP contribution in [0.15, 0.2) is 48.5 Å². The second-order valence-corrected chi connectivity index (χ2v) is 9.32. The van der Waals surface area contributed by atoms with E-state index in [0.717, 1.165) is 0 Å². The summed E-state index contributed by atoms with van der Waals surface area (Å²) < 4.78 is 18.9. The number of aliphatic hydroxyl groups is 1. The van der Waals surface area contributed by atoms with Crippen LogP contribution in [0.3, 0.4) is 0 Å². The average molecular weight is 490 g/mol. The summed E-state index contributed by atoms with van der Waals surface area (Å²) in [6, 6.07) is 13.6. The molecule has 2 aliphatic heterocycles. The van der Waals surface area contributed by atoms with Gasteiger partial charge in [-0.2, -0.15) is 0 Å². The van der Waals surface area contributed by atoms with Gasteiger partial charge in [0, 0.05) is 21.2 Å². The summed E-state index contributed by atoms with van der Waals surface area (Å²) in [6.07, 6.45) is -2.89. The van der Waals surface area contributed by atoms with Crippen molar-refractivity contribution >= 4 is 29.0 Å². The standard InChI is InChI=1S/C23H21Cl2N3O5/c1-23(2)32-21-20(30)16(31-22(21)33-23)11-28-18(12-3-7-14(24)8-4-12)17(26-27-28)19(29)13-5-9-15(25)10-6-13/h3-10,16,20-22,30H,11H2,1-2H3/t16-,20+,21-,22-/m1/s1. The Bertz CT molecular complexity index is 1180. The Labute approximate surface area is 200 Å². The fourth-order valence-corrected chi connectivity index (χ4v) is 4.36. The van der Waals surface area contributed by atoms with E-state index in [9.17, 15) is 9.90 Å². The number of hydrogen-bond acceptors (Lipinski definition) is 7. The van der Waals surface area contributed by atoms with Gasteiger partial charge in [0.15, 0.2) is 17.8 Å². The summed E-state index contributed by atoms with van der Waals surface area (Å²) in [4.78, 5) is 13.3. The predicted octanol–water partition coefficient (Wildman–Crippen LogP) is 3.72. The van der Waals surface area contributed by atoms with Crippen molar-refractivity contribution in [3.05, 3.63) is 69.8 Å². The smallest absolute Gasteiger partial charge is 0.215 e. The minimum absolute atomic E-state index is 0.139. The molecule has 0 bridgehead atoms. The maximum atomic E-state index is 13.3. The Morgan fingerprint density at radius 2 is 1.70 bits per heavy atom. The van der Waals surface area contributed by atoms with Gasteiger partial charge < -0.3 is 19.3 Å². The molecular weight excluding hydrogens is 469 g/mol. The lowest BCUT2D eigenvalue weighted by Gasteiger charge is -2.23. The van der Waals surface area contributed by atoms with Gasteiger partial charge >= 0.3 is 0 Å². The molecule has 8 nitrogen and oxygen atoms in total. The first-order chi connectivity index (χ1) is 15.7. The van der Waals surface area contributed by atoms with E-state index in [1.54, 1.807) is 67.1 Å². The Morgan fingerprint density at radius 1 is 1.06 bits per heavy atom. The average Bonchev–Trinajstić information content (AvgIpc) is 3.41. The fraction of sp³-hybridized carbons (Fsp3) is 0.348. The van der Waals surface area contributed by atoms with Crippen LogP contribution in [-0.4, -0.2) is 56.3 Å². The fourth-order valence-electron chi connectivity index (χ4n) is 4.10. The van der Waals surface area contributed by atoms with Crippen molar-refractivity contribution in [1.82, 2.24) is 15.0 Å². The van der Waals surface area contributed by atoms with Crippen LogP contribution >= 0.6 is 23.2 Å². The van der Waals surface area contributed by atoms with Crippen LogP contribution in [-0.2, 0) is 20.8 Å². The summed E-state index contributed by atoms with van der Waals surface area (Å²) >= 11 is 12.0. The highest BCUT2D eigenvalue weighted by Gasteiger charge is 2.54. The van der Waals surface area contributed by atoms with Crippen LogP contribution in [0.1, 0.15) is 29.9 Å². The van der Waals surface area contributed by atoms with E-state index < -0.39 is 30.4 Å². The van der Waals surface area contributed by atoms with Gasteiger partial charge in [0.05, 0.1) is 6.54 Å². The van der Waals surface area contributed by atoms with Crippen LogP contribution in [0, 0.1) is 0 Å². The summed E-state index contributed by atoms with van der Waals surface area (Å²) in [5.74, 6) is -1.14. The van der Waals surface area contributed by atoms with Crippen molar-refractivity contribution in [2.24, 2.45) is 0 Å². The van der Waals surface area contributed by atoms with Gasteiger partial charge in [-0.25, -0.2) is 4.68 Å². The topological polar surface area (TPSA) is 95.7 Å². The number of carbonyl (C=O) groups excluding carboxylic acids is 1. The molecule has 2 aliphatic rings. The summed E-state index contributed by atoms with van der Waals surface area (Å²) in [6.45, 7) is 3.67. The van der Waals surface area contributed by atoms with E-state index in [1.165, 1.54) is 0 Å². The molecule has 0 aliphatic carbocycles. The van der Waals surface area contributed by atoms with Crippen molar-refractivity contribution in [2.45, 2.75) is 50.8 Å². The molecule has 1 aromatic heterocycles. The van der Waals surface area contributed by atoms with Gasteiger partial charge in [-0.3, -0.25) is 4.79 Å². The second kappa shape index (κ2) is 8.47. The molecule has 10 heteroatoms. The molecule has 0 amide bonds. The highest BCUT2D eigenvalue weighted by Crippen LogP contribution is 2.38. The Morgan fingerprint density at radius 3 is 2.33 bits per heavy atom. The molecule has 0 saturated carbocycles. The van der Waals surface area contributed by atoms with Gasteiger partial charge in [0.25, 0.3) is 0 Å². The monoisotopic (exact) mass is 489 g/mol. The van der Waals surface area contributed by atoms with Crippen LogP contribution in [0.2, 0.25) is 10.0 Å². The van der Waals surface area contributed by atoms with Crippen molar-refractivity contribution in [2.75, 3.05) is 0 Å². The van der Waals surface area contributed by atoms with Crippen molar-refractivity contribution in [3.63, 3.8) is 0 Å². The lowest BCUT2D eigenvalue weighted by molar-refractivity contribution is -0.216. The first kappa shape index (κ1) is 22.5. The van der Waals surface area contributed by atoms with E-state index in [-0.39, 0.29) is 18.0 Å². The largest absolute Gasteiger partial charge is 0.387 e. The number of benzene rings is 2. The minimum atomic E-state index is -0.936. The number of rotatable bonds is 5. The Kier molecular flexibility index (Phi) is 5.76. The number of halogens is 2. The van der Waals surface area contributed by atoms with Crippen molar-refractivity contribution < 1.29 is 24.1 Å². The van der Waals surface area contributed by atoms with E-state index in [2.05, 4.69) is 10.3 Å². The molecule has 33 heavy (non-hydrogen) atoms. The quantitative estimate of drug-likeness (QED) is 0.545. The molecule has 3 heterocycles. The molecule has 2 aromatic carbocycles. The summed E-state index contributed by atoms with van der Waals surface area (Å²) in [5, 5.41) is 20.3. The zero-order valence-electron chi connectivity index (χ0n) is 17.8. The van der Waals surface area contributed by atoms with Crippen molar-refractivity contribution in [3.8, 4) is 11.3 Å². The summed E-state index contributed by atoms with van der Waals surface area (Å²) in [5.41, 5.74) is 1.78. The number of ketones is 1. The van der Waals surface area contributed by atoms with Crippen LogP contribution in [0.4, 0.5) is 0 Å². The van der Waals surface area contributed by atoms with E-state index in [1.807, 2.05) is 0 Å². The minimum Gasteiger partial charge on any atom is -0.387 e. The molecule has 2 saturated heterocycles. The number of aromatic nitrogens is 3. The highest BCUT2D eigenvalue weighted by molar-refractivity contribution is 6.31. The van der Waals surface area contributed by atoms with Gasteiger partial charge in [-0.1, -0.05) is 40.5 Å². The van der Waals surface area contributed by atoms with Crippen LogP contribution in [0.25, 0.3) is 11.3 Å². The van der Waals surface area contributed by atoms with Gasteiger partial charge in [0.1, 0.15) is 24.0 Å². The van der Waals surface area contributed by atoms with Crippen molar-refractivity contribution in [1.29, 1.82) is 0 Å². The van der Waals surface area contributed by atoms with E-state index in [4.69, 9.17) is 37.4 Å². The number of nitrogens with zero attached hydrogens (tertiary/aromatic N) is 3. The first-order valence-electron chi connectivity index (χ1n) is 10.4. The van der Waals surface area contributed by atoms with E-state index in [0.29, 0.717) is 26.9 Å². The molecule has 5 rings (SSSR count). The molecule has 0 unspecified atom stereocenters. The van der Waals surface area contributed by atoms with Gasteiger partial charge in [0.2, 0.25) is 5.78 Å². The lowest BCUT2D eigenvalue weighted by Crippen LogP contribution is -2.36. The highest BCUT2D eigenvalue weighted by atomic mass is 35.5. The van der Waals surface area contributed by atoms with E-state index >= 15 is 0 Å².